The first kappa shape index (κ1) is 21.3. The molecular weight excluding hydrogens is 329 g/mol. The summed E-state index contributed by atoms with van der Waals surface area (Å²) in [5.41, 5.74) is 4.10. The lowest BCUT2D eigenvalue weighted by molar-refractivity contribution is 0.254. The zero-order valence-corrected chi connectivity index (χ0v) is 16.8. The number of nitrogens with one attached hydrogen (secondary N) is 1. The van der Waals surface area contributed by atoms with Crippen molar-refractivity contribution in [1.29, 1.82) is 0 Å². The zero-order valence-electron chi connectivity index (χ0n) is 16.8. The number of aliphatic hydroxyl groups excluding tert-OH is 2. The molecule has 4 heteroatoms. The van der Waals surface area contributed by atoms with Crippen LogP contribution in [-0.4, -0.2) is 22.9 Å². The predicted octanol–water partition coefficient (Wildman–Crippen LogP) is 4.12. The van der Waals surface area contributed by atoms with Crippen LogP contribution in [0.25, 0.3) is 0 Å². The Morgan fingerprint density at radius 2 is 1.69 bits per heavy atom. The molecule has 0 heterocycles. The van der Waals surface area contributed by atoms with Gasteiger partial charge in [-0.1, -0.05) is 46.2 Å². The Balaban J connectivity index is 2.10. The van der Waals surface area contributed by atoms with Crippen molar-refractivity contribution in [2.75, 3.05) is 6.54 Å². The van der Waals surface area contributed by atoms with Gasteiger partial charge in [0, 0.05) is 19.0 Å². The van der Waals surface area contributed by atoms with Crippen LogP contribution in [0.15, 0.2) is 12.1 Å². The minimum Gasteiger partial charge on any atom is -0.392 e. The SMILES string of the molecule is CCC(C)(C)Cc1cc(CNCC2CC(C)CC2F)c(CO)cc1CO. The van der Waals surface area contributed by atoms with Gasteiger partial charge < -0.3 is 15.5 Å². The van der Waals surface area contributed by atoms with E-state index in [1.54, 1.807) is 0 Å². The Labute approximate surface area is 158 Å². The highest BCUT2D eigenvalue weighted by molar-refractivity contribution is 5.38. The fourth-order valence-corrected chi connectivity index (χ4v) is 4.00. The lowest BCUT2D eigenvalue weighted by atomic mass is 9.81. The maximum Gasteiger partial charge on any atom is 0.104 e. The van der Waals surface area contributed by atoms with E-state index in [-0.39, 0.29) is 24.5 Å². The molecule has 0 radical (unpaired) electrons. The molecule has 3 N–H and O–H groups in total. The predicted molar refractivity (Wildman–Crippen MR) is 105 cm³/mol. The third-order valence-electron chi connectivity index (χ3n) is 6.05. The van der Waals surface area contributed by atoms with E-state index in [2.05, 4.69) is 39.1 Å². The minimum absolute atomic E-state index is 0.0146. The van der Waals surface area contributed by atoms with E-state index in [1.807, 2.05) is 6.07 Å². The van der Waals surface area contributed by atoms with Crippen molar-refractivity contribution in [1.82, 2.24) is 5.32 Å². The van der Waals surface area contributed by atoms with Gasteiger partial charge in [0.2, 0.25) is 0 Å². The van der Waals surface area contributed by atoms with Gasteiger partial charge >= 0.3 is 0 Å². The van der Waals surface area contributed by atoms with Crippen LogP contribution >= 0.6 is 0 Å². The average molecular weight is 366 g/mol. The van der Waals surface area contributed by atoms with Gasteiger partial charge in [0.05, 0.1) is 13.2 Å². The molecule has 0 spiro atoms. The van der Waals surface area contributed by atoms with Crippen molar-refractivity contribution in [3.63, 3.8) is 0 Å². The Bertz CT molecular complexity index is 588. The molecular formula is C22H36FNO2. The molecule has 0 amide bonds. The maximum atomic E-state index is 14.0. The number of hydrogen-bond acceptors (Lipinski definition) is 3. The monoisotopic (exact) mass is 365 g/mol. The van der Waals surface area contributed by atoms with E-state index in [9.17, 15) is 14.6 Å². The standard InChI is InChI=1S/C22H36FNO2/c1-5-22(3,4)10-16-8-17(20(14-26)9-19(16)13-25)11-24-12-18-6-15(2)7-21(18)23/h8-9,15,18,21,24-26H,5-7,10-14H2,1-4H3. The van der Waals surface area contributed by atoms with E-state index in [0.717, 1.165) is 41.5 Å². The Morgan fingerprint density at radius 1 is 1.08 bits per heavy atom. The third kappa shape index (κ3) is 5.51. The van der Waals surface area contributed by atoms with Gasteiger partial charge in [0.25, 0.3) is 0 Å². The highest BCUT2D eigenvalue weighted by atomic mass is 19.1. The largest absolute Gasteiger partial charge is 0.392 e. The van der Waals surface area contributed by atoms with Crippen molar-refractivity contribution in [2.45, 2.75) is 79.3 Å². The van der Waals surface area contributed by atoms with E-state index >= 15 is 0 Å². The normalized spacial score (nSPS) is 23.6. The maximum absolute atomic E-state index is 14.0. The fourth-order valence-electron chi connectivity index (χ4n) is 4.00. The molecule has 0 bridgehead atoms. The minimum atomic E-state index is -0.701. The number of aliphatic hydroxyl groups is 2. The van der Waals surface area contributed by atoms with Gasteiger partial charge in [-0.2, -0.15) is 0 Å². The molecule has 1 aliphatic rings. The van der Waals surface area contributed by atoms with Crippen molar-refractivity contribution in [3.05, 3.63) is 34.4 Å². The first-order valence-corrected chi connectivity index (χ1v) is 9.99. The highest BCUT2D eigenvalue weighted by Crippen LogP contribution is 2.33. The quantitative estimate of drug-likeness (QED) is 0.617. The number of benzene rings is 1. The Hall–Kier alpha value is -0.970. The molecule has 0 aromatic heterocycles. The topological polar surface area (TPSA) is 52.5 Å². The zero-order chi connectivity index (χ0) is 19.3. The summed E-state index contributed by atoms with van der Waals surface area (Å²) in [6, 6.07) is 4.04. The van der Waals surface area contributed by atoms with Gasteiger partial charge in [-0.15, -0.1) is 0 Å². The second kappa shape index (κ2) is 9.29. The second-order valence-corrected chi connectivity index (χ2v) is 8.88. The van der Waals surface area contributed by atoms with Gasteiger partial charge in [-0.3, -0.25) is 0 Å². The third-order valence-corrected chi connectivity index (χ3v) is 6.05. The van der Waals surface area contributed by atoms with Crippen molar-refractivity contribution < 1.29 is 14.6 Å². The van der Waals surface area contributed by atoms with Crippen molar-refractivity contribution >= 4 is 0 Å². The van der Waals surface area contributed by atoms with E-state index in [1.165, 1.54) is 0 Å². The molecule has 0 saturated heterocycles. The highest BCUT2D eigenvalue weighted by Gasteiger charge is 2.31. The molecule has 26 heavy (non-hydrogen) atoms. The smallest absolute Gasteiger partial charge is 0.104 e. The summed E-state index contributed by atoms with van der Waals surface area (Å²) in [5.74, 6) is 0.564. The van der Waals surface area contributed by atoms with Crippen LogP contribution in [0.4, 0.5) is 4.39 Å². The van der Waals surface area contributed by atoms with Gasteiger partial charge in [0.15, 0.2) is 0 Å². The molecule has 1 aromatic carbocycles. The summed E-state index contributed by atoms with van der Waals surface area (Å²) in [6.07, 6.45) is 2.87. The summed E-state index contributed by atoms with van der Waals surface area (Å²) in [7, 11) is 0. The molecule has 1 saturated carbocycles. The number of rotatable bonds is 9. The summed E-state index contributed by atoms with van der Waals surface area (Å²) in [5, 5.41) is 22.9. The molecule has 0 aliphatic heterocycles. The number of halogens is 1. The summed E-state index contributed by atoms with van der Waals surface area (Å²) < 4.78 is 14.0. The van der Waals surface area contributed by atoms with Gasteiger partial charge in [-0.05, 0) is 52.8 Å². The van der Waals surface area contributed by atoms with Crippen LogP contribution < -0.4 is 5.32 Å². The van der Waals surface area contributed by atoms with E-state index in [4.69, 9.17) is 0 Å². The van der Waals surface area contributed by atoms with Gasteiger partial charge in [-0.25, -0.2) is 4.39 Å². The van der Waals surface area contributed by atoms with Crippen LogP contribution in [-0.2, 0) is 26.2 Å². The molecule has 1 aliphatic carbocycles. The fraction of sp³-hybridized carbons (Fsp3) is 0.727. The lowest BCUT2D eigenvalue weighted by Gasteiger charge is -2.25. The molecule has 1 aromatic rings. The lowest BCUT2D eigenvalue weighted by Crippen LogP contribution is -2.26. The van der Waals surface area contributed by atoms with Gasteiger partial charge in [0.1, 0.15) is 6.17 Å². The van der Waals surface area contributed by atoms with Crippen LogP contribution in [0.5, 0.6) is 0 Å². The second-order valence-electron chi connectivity index (χ2n) is 8.88. The van der Waals surface area contributed by atoms with Crippen LogP contribution in [0.1, 0.15) is 69.2 Å². The summed E-state index contributed by atoms with van der Waals surface area (Å²) >= 11 is 0. The van der Waals surface area contributed by atoms with Crippen LogP contribution in [0.2, 0.25) is 0 Å². The molecule has 3 unspecified atom stereocenters. The number of hydrogen-bond donors (Lipinski definition) is 3. The van der Waals surface area contributed by atoms with Crippen molar-refractivity contribution in [2.24, 2.45) is 17.3 Å². The summed E-state index contributed by atoms with van der Waals surface area (Å²) in [4.78, 5) is 0. The van der Waals surface area contributed by atoms with E-state index < -0.39 is 6.17 Å². The molecule has 3 nitrogen and oxygen atoms in total. The first-order valence-electron chi connectivity index (χ1n) is 9.99. The average Bonchev–Trinajstić information content (AvgIpc) is 2.92. The molecule has 148 valence electrons. The molecule has 3 atom stereocenters. The Morgan fingerprint density at radius 3 is 2.23 bits per heavy atom. The van der Waals surface area contributed by atoms with Crippen LogP contribution in [0, 0.1) is 17.3 Å². The molecule has 1 fully saturated rings. The van der Waals surface area contributed by atoms with Crippen LogP contribution in [0.3, 0.4) is 0 Å². The van der Waals surface area contributed by atoms with Crippen molar-refractivity contribution in [3.8, 4) is 0 Å². The molecule has 2 rings (SSSR count). The first-order chi connectivity index (χ1) is 12.3. The number of alkyl halides is 1. The Kier molecular flexibility index (Phi) is 7.63. The van der Waals surface area contributed by atoms with E-state index in [0.29, 0.717) is 25.4 Å². The summed E-state index contributed by atoms with van der Waals surface area (Å²) in [6.45, 7) is 9.99.